The van der Waals surface area contributed by atoms with Gasteiger partial charge in [-0.1, -0.05) is 19.1 Å². The lowest BCUT2D eigenvalue weighted by atomic mass is 10.0. The fraction of sp³-hybridized carbons (Fsp3) is 0.474. The van der Waals surface area contributed by atoms with Crippen LogP contribution in [0.3, 0.4) is 0 Å². The number of benzene rings is 3. The molecule has 0 saturated heterocycles. The highest BCUT2D eigenvalue weighted by Crippen LogP contribution is 2.29. The van der Waals surface area contributed by atoms with Crippen molar-refractivity contribution >= 4 is 23.3 Å². The maximum atomic E-state index is 14.4. The summed E-state index contributed by atoms with van der Waals surface area (Å²) in [5.41, 5.74) is 2.50. The third-order valence-electron chi connectivity index (χ3n) is 8.76. The molecular formula is C38H52N4O7. The average molecular weight is 677 g/mol. The van der Waals surface area contributed by atoms with Crippen LogP contribution < -0.4 is 24.8 Å². The van der Waals surface area contributed by atoms with Crippen molar-refractivity contribution in [3.63, 3.8) is 0 Å². The van der Waals surface area contributed by atoms with Crippen molar-refractivity contribution in [3.8, 4) is 17.2 Å². The summed E-state index contributed by atoms with van der Waals surface area (Å²) in [6, 6.07) is 19.2. The number of nitrogens with zero attached hydrogens (tertiary/aromatic N) is 2. The van der Waals surface area contributed by atoms with Gasteiger partial charge in [0.2, 0.25) is 0 Å². The van der Waals surface area contributed by atoms with Crippen molar-refractivity contribution in [2.45, 2.75) is 64.8 Å². The minimum atomic E-state index is -0.471. The zero-order chi connectivity index (χ0) is 35.3. The van der Waals surface area contributed by atoms with Gasteiger partial charge in [0.15, 0.2) is 0 Å². The zero-order valence-corrected chi connectivity index (χ0v) is 29.6. The van der Waals surface area contributed by atoms with Crippen LogP contribution in [-0.2, 0) is 11.3 Å². The van der Waals surface area contributed by atoms with E-state index in [1.54, 1.807) is 61.6 Å². The fourth-order valence-corrected chi connectivity index (χ4v) is 5.85. The molecule has 4 atom stereocenters. The minimum Gasteiger partial charge on any atom is -0.497 e. The van der Waals surface area contributed by atoms with Crippen molar-refractivity contribution in [2.24, 2.45) is 5.92 Å². The molecule has 0 spiro atoms. The van der Waals surface area contributed by atoms with Gasteiger partial charge in [0.1, 0.15) is 17.2 Å². The van der Waals surface area contributed by atoms with Gasteiger partial charge in [0.05, 0.1) is 44.6 Å². The summed E-state index contributed by atoms with van der Waals surface area (Å²) < 4.78 is 23.3. The Morgan fingerprint density at radius 3 is 2.27 bits per heavy atom. The molecule has 0 radical (unpaired) electrons. The molecule has 0 aliphatic carbocycles. The summed E-state index contributed by atoms with van der Waals surface area (Å²) in [6.45, 7) is 8.04. The molecule has 0 bridgehead atoms. The number of likely N-dealkylation sites (N-methyl/N-ethyl adjacent to an activating group) is 1. The van der Waals surface area contributed by atoms with E-state index in [-0.39, 0.29) is 30.6 Å². The fourth-order valence-electron chi connectivity index (χ4n) is 5.85. The van der Waals surface area contributed by atoms with E-state index in [0.717, 1.165) is 37.1 Å². The molecule has 49 heavy (non-hydrogen) atoms. The van der Waals surface area contributed by atoms with Crippen LogP contribution in [0.4, 0.5) is 16.2 Å². The van der Waals surface area contributed by atoms with Gasteiger partial charge >= 0.3 is 6.03 Å². The smallest absolute Gasteiger partial charge is 0.323 e. The van der Waals surface area contributed by atoms with Crippen LogP contribution in [0.25, 0.3) is 0 Å². The quantitative estimate of drug-likeness (QED) is 0.230. The summed E-state index contributed by atoms with van der Waals surface area (Å²) >= 11 is 0. The molecule has 4 rings (SSSR count). The summed E-state index contributed by atoms with van der Waals surface area (Å²) in [5, 5.41) is 15.9. The van der Waals surface area contributed by atoms with Gasteiger partial charge in [0.25, 0.3) is 5.91 Å². The Labute approximate surface area is 290 Å². The number of aliphatic hydroxyl groups is 1. The van der Waals surface area contributed by atoms with E-state index in [0.29, 0.717) is 48.1 Å². The van der Waals surface area contributed by atoms with Crippen molar-refractivity contribution < 1.29 is 33.6 Å². The van der Waals surface area contributed by atoms with E-state index in [1.165, 1.54) is 0 Å². The Morgan fingerprint density at radius 1 is 0.980 bits per heavy atom. The number of aliphatic hydroxyl groups excluding tert-OH is 1. The first-order chi connectivity index (χ1) is 23.6. The summed E-state index contributed by atoms with van der Waals surface area (Å²) in [5.74, 6) is 1.58. The Bertz CT molecular complexity index is 1480. The molecular weight excluding hydrogens is 624 g/mol. The lowest BCUT2D eigenvalue weighted by Crippen LogP contribution is -2.47. The number of anilines is 2. The molecule has 0 unspecified atom stereocenters. The first-order valence-electron chi connectivity index (χ1n) is 17.0. The van der Waals surface area contributed by atoms with E-state index in [9.17, 15) is 14.7 Å². The number of methoxy groups -OCH3 is 2. The monoisotopic (exact) mass is 676 g/mol. The van der Waals surface area contributed by atoms with Crippen LogP contribution in [0.1, 0.15) is 56.0 Å². The van der Waals surface area contributed by atoms with Crippen molar-refractivity contribution in [3.05, 3.63) is 77.9 Å². The van der Waals surface area contributed by atoms with Gasteiger partial charge in [-0.05, 0) is 100 Å². The third kappa shape index (κ3) is 11.1. The number of fused-ring (bicyclic) bond motifs is 1. The Kier molecular flexibility index (Phi) is 14.1. The predicted octanol–water partition coefficient (Wildman–Crippen LogP) is 6.28. The second-order valence-corrected chi connectivity index (χ2v) is 12.9. The molecule has 1 heterocycles. The SMILES string of the molecule is COc1ccc(CN(C)C[C@H]2OCCCC[C@H](C)Oc3ccc(NC(=O)Nc4ccc(OC)cc4)cc3C(=O)N([C@@H](C)CO)C[C@H]2C)cc1. The lowest BCUT2D eigenvalue weighted by molar-refractivity contribution is -0.0177. The van der Waals surface area contributed by atoms with Crippen molar-refractivity contribution in [2.75, 3.05) is 58.2 Å². The number of hydrogen-bond donors (Lipinski definition) is 3. The third-order valence-corrected chi connectivity index (χ3v) is 8.76. The van der Waals surface area contributed by atoms with Crippen LogP contribution in [0.2, 0.25) is 0 Å². The molecule has 3 N–H and O–H groups in total. The summed E-state index contributed by atoms with van der Waals surface area (Å²) in [7, 11) is 5.31. The van der Waals surface area contributed by atoms with Gasteiger partial charge in [0, 0.05) is 43.5 Å². The number of amides is 3. The van der Waals surface area contributed by atoms with E-state index in [4.69, 9.17) is 18.9 Å². The van der Waals surface area contributed by atoms with E-state index in [2.05, 4.69) is 41.6 Å². The Balaban J connectivity index is 1.56. The number of rotatable bonds is 10. The summed E-state index contributed by atoms with van der Waals surface area (Å²) in [4.78, 5) is 31.2. The normalized spacial score (nSPS) is 19.6. The molecule has 0 fully saturated rings. The van der Waals surface area contributed by atoms with Crippen molar-refractivity contribution in [1.29, 1.82) is 0 Å². The average Bonchev–Trinajstić information content (AvgIpc) is 3.10. The van der Waals surface area contributed by atoms with Crippen molar-refractivity contribution in [1.82, 2.24) is 9.80 Å². The van der Waals surface area contributed by atoms with Gasteiger partial charge in [-0.2, -0.15) is 0 Å². The van der Waals surface area contributed by atoms with Gasteiger partial charge in [-0.15, -0.1) is 0 Å². The topological polar surface area (TPSA) is 122 Å². The molecule has 3 aromatic rings. The molecule has 3 aromatic carbocycles. The maximum Gasteiger partial charge on any atom is 0.323 e. The molecule has 11 nitrogen and oxygen atoms in total. The second kappa shape index (κ2) is 18.4. The standard InChI is InChI=1S/C38H52N4O7/c1-26-22-42(27(2)25-43)37(44)34-21-31(40-38(45)39-30-12-17-33(47-6)18-13-30)14-19-35(34)49-28(3)9-7-8-20-48-36(26)24-41(4)23-29-10-15-32(46-5)16-11-29/h10-19,21,26-28,36,43H,7-9,20,22-25H2,1-6H3,(H2,39,40,45)/t26-,27+,28+,36-/m1/s1. The number of nitrogens with one attached hydrogen (secondary N) is 2. The zero-order valence-electron chi connectivity index (χ0n) is 29.6. The number of carbonyl (C=O) groups is 2. The van der Waals surface area contributed by atoms with Crippen LogP contribution in [0, 0.1) is 5.92 Å². The second-order valence-electron chi connectivity index (χ2n) is 12.9. The largest absolute Gasteiger partial charge is 0.497 e. The molecule has 1 aliphatic rings. The number of urea groups is 1. The van der Waals surface area contributed by atoms with Crippen LogP contribution >= 0.6 is 0 Å². The van der Waals surface area contributed by atoms with Crippen LogP contribution in [-0.4, -0.2) is 92.7 Å². The van der Waals surface area contributed by atoms with Crippen LogP contribution in [0.5, 0.6) is 17.2 Å². The van der Waals surface area contributed by atoms with Gasteiger partial charge < -0.3 is 39.6 Å². The van der Waals surface area contributed by atoms with E-state index in [1.807, 2.05) is 26.0 Å². The number of carbonyl (C=O) groups excluding carboxylic acids is 2. The lowest BCUT2D eigenvalue weighted by Gasteiger charge is -2.36. The Morgan fingerprint density at radius 2 is 1.61 bits per heavy atom. The highest BCUT2D eigenvalue weighted by atomic mass is 16.5. The molecule has 0 saturated carbocycles. The van der Waals surface area contributed by atoms with Crippen LogP contribution in [0.15, 0.2) is 66.7 Å². The molecule has 3 amide bonds. The summed E-state index contributed by atoms with van der Waals surface area (Å²) in [6.07, 6.45) is 2.27. The molecule has 266 valence electrons. The highest BCUT2D eigenvalue weighted by molar-refractivity contribution is 6.02. The van der Waals surface area contributed by atoms with E-state index >= 15 is 0 Å². The minimum absolute atomic E-state index is 0.0564. The van der Waals surface area contributed by atoms with E-state index < -0.39 is 12.1 Å². The molecule has 11 heteroatoms. The first-order valence-corrected chi connectivity index (χ1v) is 17.0. The first kappa shape index (κ1) is 37.5. The maximum absolute atomic E-state index is 14.4. The highest BCUT2D eigenvalue weighted by Gasteiger charge is 2.30. The molecule has 1 aliphatic heterocycles. The number of hydrogen-bond acceptors (Lipinski definition) is 8. The van der Waals surface area contributed by atoms with Gasteiger partial charge in [-0.25, -0.2) is 4.79 Å². The molecule has 0 aromatic heterocycles. The van der Waals surface area contributed by atoms with Gasteiger partial charge in [-0.3, -0.25) is 9.69 Å². The number of ether oxygens (including phenoxy) is 4. The predicted molar refractivity (Wildman–Crippen MR) is 192 cm³/mol. The Hall–Kier alpha value is -4.32.